The second-order valence-electron chi connectivity index (χ2n) is 3.97. The van der Waals surface area contributed by atoms with Crippen molar-refractivity contribution in [2.45, 2.75) is 20.0 Å². The first-order valence-corrected chi connectivity index (χ1v) is 5.79. The van der Waals surface area contributed by atoms with E-state index < -0.39 is 6.10 Å². The topological polar surface area (TPSA) is 50.4 Å². The Labute approximate surface area is 102 Å². The van der Waals surface area contributed by atoms with E-state index in [0.717, 1.165) is 17.9 Å². The van der Waals surface area contributed by atoms with E-state index in [-0.39, 0.29) is 5.91 Å². The molecule has 4 nitrogen and oxygen atoms in total. The molecular weight excluding hydrogens is 216 g/mol. The Morgan fingerprint density at radius 1 is 1.41 bits per heavy atom. The Morgan fingerprint density at radius 2 is 2.18 bits per heavy atom. The number of hydrogen-bond acceptors (Lipinski definition) is 3. The average Bonchev–Trinajstić information content (AvgIpc) is 2.29. The van der Waals surface area contributed by atoms with Crippen molar-refractivity contribution in [3.8, 4) is 5.75 Å². The van der Waals surface area contributed by atoms with Crippen molar-refractivity contribution in [1.29, 1.82) is 0 Å². The molecule has 0 spiro atoms. The smallest absolute Gasteiger partial charge is 0.260 e. The van der Waals surface area contributed by atoms with Gasteiger partial charge in [0, 0.05) is 13.1 Å². The quantitative estimate of drug-likeness (QED) is 0.727. The van der Waals surface area contributed by atoms with E-state index in [0.29, 0.717) is 6.54 Å². The maximum Gasteiger partial charge on any atom is 0.260 e. The van der Waals surface area contributed by atoms with Gasteiger partial charge in [-0.2, -0.15) is 0 Å². The third kappa shape index (κ3) is 4.87. The van der Waals surface area contributed by atoms with E-state index in [9.17, 15) is 4.79 Å². The van der Waals surface area contributed by atoms with Crippen molar-refractivity contribution in [2.24, 2.45) is 0 Å². The third-order valence-corrected chi connectivity index (χ3v) is 2.35. The maximum atomic E-state index is 11.6. The lowest BCUT2D eigenvalue weighted by Crippen LogP contribution is -2.39. The van der Waals surface area contributed by atoms with Gasteiger partial charge in [0.15, 0.2) is 6.10 Å². The SMILES string of the molecule is CNCCNC(=O)C(C)Oc1cccc(C)c1. The number of hydrogen-bond donors (Lipinski definition) is 2. The van der Waals surface area contributed by atoms with Gasteiger partial charge in [0.2, 0.25) is 0 Å². The van der Waals surface area contributed by atoms with Gasteiger partial charge in [0.05, 0.1) is 0 Å². The van der Waals surface area contributed by atoms with E-state index in [1.54, 1.807) is 6.92 Å². The molecule has 0 aliphatic heterocycles. The summed E-state index contributed by atoms with van der Waals surface area (Å²) in [7, 11) is 1.85. The molecule has 17 heavy (non-hydrogen) atoms. The minimum absolute atomic E-state index is 0.0956. The molecule has 0 radical (unpaired) electrons. The fourth-order valence-electron chi connectivity index (χ4n) is 1.40. The summed E-state index contributed by atoms with van der Waals surface area (Å²) in [6.45, 7) is 5.10. The van der Waals surface area contributed by atoms with Crippen LogP contribution in [-0.2, 0) is 4.79 Å². The molecule has 0 saturated heterocycles. The zero-order chi connectivity index (χ0) is 12.7. The van der Waals surface area contributed by atoms with Crippen molar-refractivity contribution in [2.75, 3.05) is 20.1 Å². The largest absolute Gasteiger partial charge is 0.481 e. The first-order valence-electron chi connectivity index (χ1n) is 5.79. The Bertz CT molecular complexity index is 366. The van der Waals surface area contributed by atoms with Gasteiger partial charge in [-0.15, -0.1) is 0 Å². The molecule has 0 aliphatic rings. The lowest BCUT2D eigenvalue weighted by Gasteiger charge is -2.14. The first kappa shape index (κ1) is 13.5. The van der Waals surface area contributed by atoms with Crippen LogP contribution < -0.4 is 15.4 Å². The Balaban J connectivity index is 2.43. The molecule has 0 bridgehead atoms. The van der Waals surface area contributed by atoms with Crippen LogP contribution in [0, 0.1) is 6.92 Å². The highest BCUT2D eigenvalue weighted by Gasteiger charge is 2.13. The standard InChI is InChI=1S/C13H20N2O2/c1-10-5-4-6-12(9-10)17-11(2)13(16)15-8-7-14-3/h4-6,9,11,14H,7-8H2,1-3H3,(H,15,16). The summed E-state index contributed by atoms with van der Waals surface area (Å²) in [4.78, 5) is 11.6. The number of benzene rings is 1. The highest BCUT2D eigenvalue weighted by molar-refractivity contribution is 5.80. The van der Waals surface area contributed by atoms with Gasteiger partial charge in [-0.25, -0.2) is 0 Å². The van der Waals surface area contributed by atoms with Gasteiger partial charge in [-0.05, 0) is 38.6 Å². The number of likely N-dealkylation sites (N-methyl/N-ethyl adjacent to an activating group) is 1. The predicted molar refractivity (Wildman–Crippen MR) is 68.2 cm³/mol. The Kier molecular flexibility index (Phi) is 5.49. The van der Waals surface area contributed by atoms with Crippen molar-refractivity contribution in [3.63, 3.8) is 0 Å². The third-order valence-electron chi connectivity index (χ3n) is 2.35. The molecule has 1 aromatic rings. The van der Waals surface area contributed by atoms with Gasteiger partial charge in [0.25, 0.3) is 5.91 Å². The van der Waals surface area contributed by atoms with Crippen LogP contribution in [0.2, 0.25) is 0 Å². The van der Waals surface area contributed by atoms with Crippen LogP contribution in [0.4, 0.5) is 0 Å². The van der Waals surface area contributed by atoms with Gasteiger partial charge < -0.3 is 15.4 Å². The molecule has 0 aliphatic carbocycles. The monoisotopic (exact) mass is 236 g/mol. The Morgan fingerprint density at radius 3 is 2.82 bits per heavy atom. The fourth-order valence-corrected chi connectivity index (χ4v) is 1.40. The second kappa shape index (κ2) is 6.91. The van der Waals surface area contributed by atoms with E-state index in [1.165, 1.54) is 0 Å². The zero-order valence-corrected chi connectivity index (χ0v) is 10.6. The van der Waals surface area contributed by atoms with Crippen LogP contribution in [0.25, 0.3) is 0 Å². The van der Waals surface area contributed by atoms with Crippen LogP contribution in [0.15, 0.2) is 24.3 Å². The van der Waals surface area contributed by atoms with E-state index in [4.69, 9.17) is 4.74 Å². The zero-order valence-electron chi connectivity index (χ0n) is 10.6. The molecule has 0 heterocycles. The summed E-state index contributed by atoms with van der Waals surface area (Å²) in [5, 5.41) is 5.76. The molecule has 1 aromatic carbocycles. The first-order chi connectivity index (χ1) is 8.13. The summed E-state index contributed by atoms with van der Waals surface area (Å²) in [5.41, 5.74) is 1.12. The van der Waals surface area contributed by atoms with Gasteiger partial charge in [-0.1, -0.05) is 12.1 Å². The van der Waals surface area contributed by atoms with Crippen LogP contribution in [0.1, 0.15) is 12.5 Å². The van der Waals surface area contributed by atoms with Gasteiger partial charge in [-0.3, -0.25) is 4.79 Å². The van der Waals surface area contributed by atoms with Crippen LogP contribution >= 0.6 is 0 Å². The number of carbonyl (C=O) groups is 1. The minimum Gasteiger partial charge on any atom is -0.481 e. The molecule has 1 atom stereocenters. The minimum atomic E-state index is -0.478. The summed E-state index contributed by atoms with van der Waals surface area (Å²) >= 11 is 0. The summed E-state index contributed by atoms with van der Waals surface area (Å²) < 4.78 is 5.56. The number of rotatable bonds is 6. The predicted octanol–water partition coefficient (Wildman–Crippen LogP) is 1.10. The lowest BCUT2D eigenvalue weighted by molar-refractivity contribution is -0.127. The highest BCUT2D eigenvalue weighted by atomic mass is 16.5. The molecule has 1 amide bonds. The summed E-state index contributed by atoms with van der Waals surface area (Å²) in [6, 6.07) is 7.67. The van der Waals surface area contributed by atoms with Crippen molar-refractivity contribution >= 4 is 5.91 Å². The molecule has 0 fully saturated rings. The van der Waals surface area contributed by atoms with Crippen LogP contribution in [0.3, 0.4) is 0 Å². The molecular formula is C13H20N2O2. The highest BCUT2D eigenvalue weighted by Crippen LogP contribution is 2.13. The lowest BCUT2D eigenvalue weighted by atomic mass is 10.2. The van der Waals surface area contributed by atoms with Crippen molar-refractivity contribution < 1.29 is 9.53 Å². The normalized spacial score (nSPS) is 11.9. The number of amides is 1. The van der Waals surface area contributed by atoms with E-state index in [1.807, 2.05) is 38.2 Å². The molecule has 1 unspecified atom stereocenters. The van der Waals surface area contributed by atoms with Gasteiger partial charge >= 0.3 is 0 Å². The average molecular weight is 236 g/mol. The number of nitrogens with one attached hydrogen (secondary N) is 2. The molecule has 0 aromatic heterocycles. The van der Waals surface area contributed by atoms with Gasteiger partial charge in [0.1, 0.15) is 5.75 Å². The molecule has 4 heteroatoms. The fraction of sp³-hybridized carbons (Fsp3) is 0.462. The number of ether oxygens (including phenoxy) is 1. The van der Waals surface area contributed by atoms with E-state index in [2.05, 4.69) is 10.6 Å². The Hall–Kier alpha value is -1.55. The summed E-state index contributed by atoms with van der Waals surface area (Å²) in [5.74, 6) is 0.628. The van der Waals surface area contributed by atoms with Crippen LogP contribution in [-0.4, -0.2) is 32.1 Å². The second-order valence-corrected chi connectivity index (χ2v) is 3.97. The maximum absolute atomic E-state index is 11.6. The molecule has 2 N–H and O–H groups in total. The number of carbonyl (C=O) groups excluding carboxylic acids is 1. The van der Waals surface area contributed by atoms with Crippen molar-refractivity contribution in [3.05, 3.63) is 29.8 Å². The van der Waals surface area contributed by atoms with Crippen LogP contribution in [0.5, 0.6) is 5.75 Å². The molecule has 1 rings (SSSR count). The number of aryl methyl sites for hydroxylation is 1. The van der Waals surface area contributed by atoms with Crippen molar-refractivity contribution in [1.82, 2.24) is 10.6 Å². The summed E-state index contributed by atoms with van der Waals surface area (Å²) in [6.07, 6.45) is -0.478. The van der Waals surface area contributed by atoms with E-state index >= 15 is 0 Å². The molecule has 94 valence electrons. The molecule has 0 saturated carbocycles.